The highest BCUT2D eigenvalue weighted by molar-refractivity contribution is 6.30. The molecule has 4 heteroatoms. The fourth-order valence-electron chi connectivity index (χ4n) is 1.95. The molecule has 0 aliphatic heterocycles. The zero-order valence-corrected chi connectivity index (χ0v) is 12.2. The highest BCUT2D eigenvalue weighted by Crippen LogP contribution is 2.26. The van der Waals surface area contributed by atoms with Crippen LogP contribution < -0.4 is 10.5 Å². The largest absolute Gasteiger partial charge is 0.489 e. The van der Waals surface area contributed by atoms with Crippen molar-refractivity contribution in [2.24, 2.45) is 5.73 Å². The third kappa shape index (κ3) is 3.50. The second-order valence-corrected chi connectivity index (χ2v) is 5.27. The van der Waals surface area contributed by atoms with Gasteiger partial charge in [-0.1, -0.05) is 35.4 Å². The number of nitrogens with two attached hydrogens (primary N) is 1. The summed E-state index contributed by atoms with van der Waals surface area (Å²) in [6.45, 7) is 4.24. The van der Waals surface area contributed by atoms with Crippen LogP contribution in [0.3, 0.4) is 0 Å². The van der Waals surface area contributed by atoms with Crippen molar-refractivity contribution in [1.29, 1.82) is 0 Å². The van der Waals surface area contributed by atoms with Crippen molar-refractivity contribution in [2.45, 2.75) is 26.5 Å². The van der Waals surface area contributed by atoms with Crippen LogP contribution in [0, 0.1) is 12.7 Å². The van der Waals surface area contributed by atoms with Crippen molar-refractivity contribution in [1.82, 2.24) is 0 Å². The molecule has 2 rings (SSSR count). The molecule has 0 aliphatic rings. The van der Waals surface area contributed by atoms with Gasteiger partial charge in [-0.2, -0.15) is 0 Å². The van der Waals surface area contributed by atoms with Crippen LogP contribution in [0.25, 0.3) is 0 Å². The van der Waals surface area contributed by atoms with Crippen molar-refractivity contribution in [2.75, 3.05) is 0 Å². The number of hydrogen-bond acceptors (Lipinski definition) is 2. The first-order valence-corrected chi connectivity index (χ1v) is 6.78. The fraction of sp³-hybridized carbons (Fsp3) is 0.250. The number of ether oxygens (including phenoxy) is 1. The molecule has 0 spiro atoms. The smallest absolute Gasteiger partial charge is 0.141 e. The predicted octanol–water partition coefficient (Wildman–Crippen LogP) is 4.39. The summed E-state index contributed by atoms with van der Waals surface area (Å²) in [4.78, 5) is 0. The third-order valence-electron chi connectivity index (χ3n) is 3.03. The zero-order valence-electron chi connectivity index (χ0n) is 11.5. The van der Waals surface area contributed by atoms with E-state index in [9.17, 15) is 4.39 Å². The first-order valence-electron chi connectivity index (χ1n) is 6.40. The molecule has 0 radical (unpaired) electrons. The molecule has 0 aromatic heterocycles. The summed E-state index contributed by atoms with van der Waals surface area (Å²) in [5, 5.41) is 0.0995. The Hall–Kier alpha value is -1.58. The summed E-state index contributed by atoms with van der Waals surface area (Å²) >= 11 is 5.75. The molecule has 20 heavy (non-hydrogen) atoms. The van der Waals surface area contributed by atoms with Crippen molar-refractivity contribution < 1.29 is 9.13 Å². The molecule has 2 aromatic carbocycles. The van der Waals surface area contributed by atoms with Crippen LogP contribution in [0.4, 0.5) is 4.39 Å². The summed E-state index contributed by atoms with van der Waals surface area (Å²) < 4.78 is 18.9. The quantitative estimate of drug-likeness (QED) is 0.907. The molecule has 1 unspecified atom stereocenters. The Kier molecular flexibility index (Phi) is 4.63. The molecular weight excluding hydrogens is 277 g/mol. The van der Waals surface area contributed by atoms with Crippen LogP contribution in [0.2, 0.25) is 5.02 Å². The molecule has 0 heterocycles. The van der Waals surface area contributed by atoms with Gasteiger partial charge in [0.2, 0.25) is 0 Å². The lowest BCUT2D eigenvalue weighted by Crippen LogP contribution is -2.08. The number of benzene rings is 2. The standard InChI is InChI=1S/C16H17ClFNO/c1-10-3-6-16(13(7-10)11(2)19)20-9-12-4-5-15(18)14(17)8-12/h3-8,11H,9,19H2,1-2H3. The van der Waals surface area contributed by atoms with Gasteiger partial charge in [0, 0.05) is 11.6 Å². The Balaban J connectivity index is 2.16. The number of rotatable bonds is 4. The van der Waals surface area contributed by atoms with Crippen LogP contribution in [-0.2, 0) is 6.61 Å². The molecule has 0 bridgehead atoms. The minimum atomic E-state index is -0.429. The minimum absolute atomic E-state index is 0.0995. The van der Waals surface area contributed by atoms with Gasteiger partial charge in [-0.05, 0) is 37.6 Å². The minimum Gasteiger partial charge on any atom is -0.489 e. The number of aryl methyl sites for hydroxylation is 1. The van der Waals surface area contributed by atoms with Crippen LogP contribution >= 0.6 is 11.6 Å². The van der Waals surface area contributed by atoms with Gasteiger partial charge in [0.1, 0.15) is 18.2 Å². The van der Waals surface area contributed by atoms with E-state index in [2.05, 4.69) is 0 Å². The average molecular weight is 294 g/mol. The maximum atomic E-state index is 13.1. The maximum Gasteiger partial charge on any atom is 0.141 e. The van der Waals surface area contributed by atoms with Gasteiger partial charge in [0.25, 0.3) is 0 Å². The van der Waals surface area contributed by atoms with Gasteiger partial charge in [0.05, 0.1) is 5.02 Å². The van der Waals surface area contributed by atoms with Crippen LogP contribution in [-0.4, -0.2) is 0 Å². The topological polar surface area (TPSA) is 35.2 Å². The zero-order chi connectivity index (χ0) is 14.7. The third-order valence-corrected chi connectivity index (χ3v) is 3.32. The van der Waals surface area contributed by atoms with E-state index in [1.54, 1.807) is 12.1 Å². The molecule has 0 amide bonds. The SMILES string of the molecule is Cc1ccc(OCc2ccc(F)c(Cl)c2)c(C(C)N)c1. The van der Waals surface area contributed by atoms with E-state index in [1.165, 1.54) is 6.07 Å². The molecule has 0 aliphatic carbocycles. The first-order chi connectivity index (χ1) is 9.47. The van der Waals surface area contributed by atoms with Gasteiger partial charge in [-0.3, -0.25) is 0 Å². The van der Waals surface area contributed by atoms with E-state index < -0.39 is 5.82 Å². The average Bonchev–Trinajstić information content (AvgIpc) is 2.41. The Morgan fingerprint density at radius 3 is 2.65 bits per heavy atom. The summed E-state index contributed by atoms with van der Waals surface area (Å²) in [5.41, 5.74) is 8.85. The van der Waals surface area contributed by atoms with Gasteiger partial charge < -0.3 is 10.5 Å². The molecule has 0 fully saturated rings. The lowest BCUT2D eigenvalue weighted by atomic mass is 10.1. The highest BCUT2D eigenvalue weighted by atomic mass is 35.5. The molecule has 0 saturated heterocycles. The maximum absolute atomic E-state index is 13.1. The fourth-order valence-corrected chi connectivity index (χ4v) is 2.15. The number of halogens is 2. The number of hydrogen-bond donors (Lipinski definition) is 1. The normalized spacial score (nSPS) is 12.2. The summed E-state index contributed by atoms with van der Waals surface area (Å²) in [6, 6.07) is 10.3. The molecule has 2 N–H and O–H groups in total. The molecule has 2 aromatic rings. The Labute approximate surface area is 123 Å². The van der Waals surface area contributed by atoms with E-state index >= 15 is 0 Å². The summed E-state index contributed by atoms with van der Waals surface area (Å²) in [7, 11) is 0. The Morgan fingerprint density at radius 1 is 1.25 bits per heavy atom. The van der Waals surface area contributed by atoms with Crippen molar-refractivity contribution in [3.8, 4) is 5.75 Å². The second kappa shape index (κ2) is 6.25. The highest BCUT2D eigenvalue weighted by Gasteiger charge is 2.09. The van der Waals surface area contributed by atoms with Gasteiger partial charge in [0.15, 0.2) is 0 Å². The van der Waals surface area contributed by atoms with Gasteiger partial charge in [-0.25, -0.2) is 4.39 Å². The first kappa shape index (κ1) is 14.8. The van der Waals surface area contributed by atoms with Crippen LogP contribution in [0.5, 0.6) is 5.75 Å². The summed E-state index contributed by atoms with van der Waals surface area (Å²) in [5.74, 6) is 0.313. The Bertz CT molecular complexity index is 613. The predicted molar refractivity (Wildman–Crippen MR) is 79.5 cm³/mol. The van der Waals surface area contributed by atoms with Gasteiger partial charge in [-0.15, -0.1) is 0 Å². The lowest BCUT2D eigenvalue weighted by Gasteiger charge is -2.15. The van der Waals surface area contributed by atoms with E-state index in [0.29, 0.717) is 6.61 Å². The Morgan fingerprint density at radius 2 is 2.00 bits per heavy atom. The molecule has 2 nitrogen and oxygen atoms in total. The molecule has 0 saturated carbocycles. The van der Waals surface area contributed by atoms with E-state index in [0.717, 1.165) is 22.4 Å². The van der Waals surface area contributed by atoms with Gasteiger partial charge >= 0.3 is 0 Å². The second-order valence-electron chi connectivity index (χ2n) is 4.87. The lowest BCUT2D eigenvalue weighted by molar-refractivity contribution is 0.301. The summed E-state index contributed by atoms with van der Waals surface area (Å²) in [6.07, 6.45) is 0. The van der Waals surface area contributed by atoms with E-state index in [4.69, 9.17) is 22.1 Å². The van der Waals surface area contributed by atoms with E-state index in [1.807, 2.05) is 32.0 Å². The van der Waals surface area contributed by atoms with Crippen LogP contribution in [0.1, 0.15) is 29.7 Å². The van der Waals surface area contributed by atoms with Crippen molar-refractivity contribution >= 4 is 11.6 Å². The van der Waals surface area contributed by atoms with Crippen molar-refractivity contribution in [3.05, 3.63) is 63.9 Å². The molecule has 1 atom stereocenters. The molecule has 106 valence electrons. The van der Waals surface area contributed by atoms with E-state index in [-0.39, 0.29) is 11.1 Å². The van der Waals surface area contributed by atoms with Crippen molar-refractivity contribution in [3.63, 3.8) is 0 Å². The molecular formula is C16H17ClFNO. The van der Waals surface area contributed by atoms with Crippen LogP contribution in [0.15, 0.2) is 36.4 Å². The monoisotopic (exact) mass is 293 g/mol.